The largest absolute Gasteiger partial charge is 0.295 e. The Morgan fingerprint density at radius 3 is 3.00 bits per heavy atom. The van der Waals surface area contributed by atoms with Crippen molar-refractivity contribution in [2.45, 2.75) is 19.9 Å². The van der Waals surface area contributed by atoms with E-state index in [0.29, 0.717) is 10.8 Å². The second-order valence-corrected chi connectivity index (χ2v) is 5.65. The zero-order chi connectivity index (χ0) is 13.0. The van der Waals surface area contributed by atoms with E-state index >= 15 is 0 Å². The van der Waals surface area contributed by atoms with Gasteiger partial charge in [0.15, 0.2) is 10.6 Å². The monoisotopic (exact) mass is 280 g/mol. The molecule has 1 N–H and O–H groups in total. The van der Waals surface area contributed by atoms with Gasteiger partial charge in [0.2, 0.25) is 0 Å². The second-order valence-electron chi connectivity index (χ2n) is 3.95. The molecule has 18 heavy (non-hydrogen) atoms. The van der Waals surface area contributed by atoms with Crippen molar-refractivity contribution in [1.29, 1.82) is 0 Å². The van der Waals surface area contributed by atoms with Crippen LogP contribution in [-0.2, 0) is 0 Å². The number of thioether (sulfide) groups is 1. The van der Waals surface area contributed by atoms with Gasteiger partial charge in [-0.05, 0) is 37.0 Å². The molecule has 0 aliphatic rings. The third kappa shape index (κ3) is 2.81. The van der Waals surface area contributed by atoms with Gasteiger partial charge in [-0.1, -0.05) is 13.0 Å². The highest BCUT2D eigenvalue weighted by atomic mass is 32.2. The molecule has 2 aromatic heterocycles. The summed E-state index contributed by atoms with van der Waals surface area (Å²) in [7, 11) is 0. The van der Waals surface area contributed by atoms with Crippen LogP contribution in [0.1, 0.15) is 19.9 Å². The first-order valence-electron chi connectivity index (χ1n) is 5.90. The van der Waals surface area contributed by atoms with Gasteiger partial charge in [0.25, 0.3) is 0 Å². The van der Waals surface area contributed by atoms with Gasteiger partial charge in [-0.3, -0.25) is 14.6 Å². The summed E-state index contributed by atoms with van der Waals surface area (Å²) in [5.41, 5.74) is 0.846. The molecular weight excluding hydrogens is 264 g/mol. The van der Waals surface area contributed by atoms with Crippen LogP contribution in [0.25, 0.3) is 11.5 Å². The first kappa shape index (κ1) is 13.3. The number of nitrogens with one attached hydrogen (secondary N) is 1. The molecule has 1 unspecified atom stereocenters. The average molecular weight is 280 g/mol. The summed E-state index contributed by atoms with van der Waals surface area (Å²) in [5.74, 6) is 2.93. The highest BCUT2D eigenvalue weighted by Crippen LogP contribution is 2.21. The maximum absolute atomic E-state index is 5.31. The first-order chi connectivity index (χ1) is 8.74. The summed E-state index contributed by atoms with van der Waals surface area (Å²) < 4.78 is 2.69. The summed E-state index contributed by atoms with van der Waals surface area (Å²) in [5, 5.41) is 7.15. The number of pyridine rings is 1. The van der Waals surface area contributed by atoms with Crippen molar-refractivity contribution in [3.63, 3.8) is 0 Å². The van der Waals surface area contributed by atoms with Crippen molar-refractivity contribution in [3.8, 4) is 11.5 Å². The van der Waals surface area contributed by atoms with Crippen molar-refractivity contribution in [2.75, 3.05) is 11.5 Å². The molecule has 0 aliphatic heterocycles. The Kier molecular flexibility index (Phi) is 4.54. The quantitative estimate of drug-likeness (QED) is 0.854. The minimum absolute atomic E-state index is 0.304. The van der Waals surface area contributed by atoms with Crippen LogP contribution in [0.15, 0.2) is 24.4 Å². The molecule has 1 atom stereocenters. The molecule has 0 aliphatic carbocycles. The predicted octanol–water partition coefficient (Wildman–Crippen LogP) is 3.32. The van der Waals surface area contributed by atoms with Crippen molar-refractivity contribution in [2.24, 2.45) is 0 Å². The normalized spacial score (nSPS) is 12.6. The molecule has 0 fully saturated rings. The number of rotatable bonds is 5. The molecule has 96 valence electrons. The molecule has 0 saturated heterocycles. The molecule has 6 heteroatoms. The summed E-state index contributed by atoms with van der Waals surface area (Å²) in [6.45, 7) is 4.31. The highest BCUT2D eigenvalue weighted by molar-refractivity contribution is 7.99. The fourth-order valence-electron chi connectivity index (χ4n) is 1.75. The first-order valence-corrected chi connectivity index (χ1v) is 7.46. The molecule has 2 rings (SSSR count). The molecule has 4 nitrogen and oxygen atoms in total. The molecule has 0 amide bonds. The topological polar surface area (TPSA) is 46.5 Å². The summed E-state index contributed by atoms with van der Waals surface area (Å²) in [6.07, 6.45) is 1.77. The van der Waals surface area contributed by atoms with E-state index in [0.717, 1.165) is 23.0 Å². The van der Waals surface area contributed by atoms with Crippen LogP contribution in [0.5, 0.6) is 0 Å². The van der Waals surface area contributed by atoms with Crippen LogP contribution < -0.4 is 0 Å². The van der Waals surface area contributed by atoms with E-state index in [2.05, 4.69) is 29.0 Å². The van der Waals surface area contributed by atoms with Crippen LogP contribution in [0.4, 0.5) is 0 Å². The number of aromatic nitrogens is 4. The average Bonchev–Trinajstić information content (AvgIpc) is 2.79. The molecule has 0 saturated carbocycles. The molecule has 0 bridgehead atoms. The Morgan fingerprint density at radius 2 is 2.33 bits per heavy atom. The maximum Gasteiger partial charge on any atom is 0.195 e. The molecule has 0 spiro atoms. The van der Waals surface area contributed by atoms with E-state index in [1.165, 1.54) is 0 Å². The zero-order valence-electron chi connectivity index (χ0n) is 10.5. The molecule has 0 radical (unpaired) electrons. The lowest BCUT2D eigenvalue weighted by atomic mass is 10.3. The SMILES string of the molecule is CCSCC(C)n1c(-c2ccccn2)n[nH]c1=S. The van der Waals surface area contributed by atoms with E-state index in [9.17, 15) is 0 Å². The van der Waals surface area contributed by atoms with Crippen LogP contribution in [-0.4, -0.2) is 31.3 Å². The summed E-state index contributed by atoms with van der Waals surface area (Å²) >= 11 is 7.21. The Morgan fingerprint density at radius 1 is 1.50 bits per heavy atom. The number of aromatic amines is 1. The smallest absolute Gasteiger partial charge is 0.195 e. The summed E-state index contributed by atoms with van der Waals surface area (Å²) in [4.78, 5) is 4.33. The second kappa shape index (κ2) is 6.15. The van der Waals surface area contributed by atoms with Gasteiger partial charge >= 0.3 is 0 Å². The van der Waals surface area contributed by atoms with Crippen molar-refractivity contribution in [3.05, 3.63) is 29.2 Å². The Bertz CT molecular complexity index is 547. The van der Waals surface area contributed by atoms with Crippen molar-refractivity contribution >= 4 is 24.0 Å². The minimum Gasteiger partial charge on any atom is -0.295 e. The zero-order valence-corrected chi connectivity index (χ0v) is 12.1. The predicted molar refractivity (Wildman–Crippen MR) is 78.4 cm³/mol. The van der Waals surface area contributed by atoms with Crippen molar-refractivity contribution in [1.82, 2.24) is 19.7 Å². The lowest BCUT2D eigenvalue weighted by molar-refractivity contribution is 0.605. The molecule has 2 heterocycles. The number of hydrogen-bond acceptors (Lipinski definition) is 4. The number of hydrogen-bond donors (Lipinski definition) is 1. The van der Waals surface area contributed by atoms with Gasteiger partial charge in [0.05, 0.1) is 0 Å². The highest BCUT2D eigenvalue weighted by Gasteiger charge is 2.14. The standard InChI is InChI=1S/C12H16N4S2/c1-3-18-8-9(2)16-11(14-15-12(16)17)10-6-4-5-7-13-10/h4-7,9H,3,8H2,1-2H3,(H,15,17). The van der Waals surface area contributed by atoms with Crippen LogP contribution in [0.2, 0.25) is 0 Å². The van der Waals surface area contributed by atoms with Crippen molar-refractivity contribution < 1.29 is 0 Å². The third-order valence-electron chi connectivity index (χ3n) is 2.60. The minimum atomic E-state index is 0.304. The van der Waals surface area contributed by atoms with E-state index in [-0.39, 0.29) is 0 Å². The van der Waals surface area contributed by atoms with Crippen LogP contribution in [0, 0.1) is 4.77 Å². The fourth-order valence-corrected chi connectivity index (χ4v) is 2.79. The molecule has 0 aromatic carbocycles. The Labute approximate surface area is 116 Å². The number of H-pyrrole nitrogens is 1. The van der Waals surface area contributed by atoms with Gasteiger partial charge in [0, 0.05) is 18.0 Å². The maximum atomic E-state index is 5.31. The fraction of sp³-hybridized carbons (Fsp3) is 0.417. The molecular formula is C12H16N4S2. The van der Waals surface area contributed by atoms with Gasteiger partial charge < -0.3 is 0 Å². The van der Waals surface area contributed by atoms with Crippen LogP contribution >= 0.6 is 24.0 Å². The third-order valence-corrected chi connectivity index (χ3v) is 4.02. The lowest BCUT2D eigenvalue weighted by Gasteiger charge is -2.14. The van der Waals surface area contributed by atoms with E-state index < -0.39 is 0 Å². The van der Waals surface area contributed by atoms with E-state index in [1.807, 2.05) is 34.5 Å². The van der Waals surface area contributed by atoms with Crippen LogP contribution in [0.3, 0.4) is 0 Å². The van der Waals surface area contributed by atoms with E-state index in [1.54, 1.807) is 6.20 Å². The molecule has 2 aromatic rings. The van der Waals surface area contributed by atoms with Gasteiger partial charge in [-0.2, -0.15) is 16.9 Å². The van der Waals surface area contributed by atoms with Gasteiger partial charge in [0.1, 0.15) is 5.69 Å². The lowest BCUT2D eigenvalue weighted by Crippen LogP contribution is -2.10. The Hall–Kier alpha value is -1.14. The van der Waals surface area contributed by atoms with Gasteiger partial charge in [-0.15, -0.1) is 0 Å². The Balaban J connectivity index is 2.36. The number of nitrogens with zero attached hydrogens (tertiary/aromatic N) is 3. The van der Waals surface area contributed by atoms with E-state index in [4.69, 9.17) is 12.2 Å². The van der Waals surface area contributed by atoms with Gasteiger partial charge in [-0.25, -0.2) is 0 Å². The summed E-state index contributed by atoms with van der Waals surface area (Å²) in [6, 6.07) is 6.10.